The number of nitriles is 1. The Balaban J connectivity index is 1.59. The van der Waals surface area contributed by atoms with Crippen LogP contribution in [0.1, 0.15) is 56.0 Å². The minimum atomic E-state index is -0.830. The summed E-state index contributed by atoms with van der Waals surface area (Å²) in [5.74, 6) is 0.984. The van der Waals surface area contributed by atoms with Gasteiger partial charge >= 0.3 is 5.97 Å². The monoisotopic (exact) mass is 701 g/mol. The van der Waals surface area contributed by atoms with Gasteiger partial charge in [0, 0.05) is 15.6 Å². The van der Waals surface area contributed by atoms with Gasteiger partial charge in [-0.1, -0.05) is 51.5 Å². The molecule has 2 heterocycles. The lowest BCUT2D eigenvalue weighted by atomic mass is 9.95. The second kappa shape index (κ2) is 14.2. The SMILES string of the molecule is CCOc1cc(/C=c2\sc3n(c2=O)[C@H](c2cc(Br)ccc2OC)C(C(=O)OC(C)C)=C(C)N=3)ccc1OCc1ccccc1C#N. The van der Waals surface area contributed by atoms with Gasteiger partial charge in [-0.15, -0.1) is 0 Å². The van der Waals surface area contributed by atoms with Crippen LogP contribution in [0.4, 0.5) is 0 Å². The van der Waals surface area contributed by atoms with Crippen LogP contribution >= 0.6 is 27.3 Å². The van der Waals surface area contributed by atoms with Gasteiger partial charge in [0.15, 0.2) is 16.3 Å². The van der Waals surface area contributed by atoms with Crippen molar-refractivity contribution in [1.29, 1.82) is 5.26 Å². The largest absolute Gasteiger partial charge is 0.496 e. The Labute approximate surface area is 278 Å². The average Bonchev–Trinajstić information content (AvgIpc) is 3.33. The number of thiazole rings is 1. The molecule has 1 aliphatic heterocycles. The van der Waals surface area contributed by atoms with Crippen LogP contribution in [-0.4, -0.2) is 30.4 Å². The Hall–Kier alpha value is -4.66. The molecule has 5 rings (SSSR count). The number of hydrogen-bond donors (Lipinski definition) is 0. The fourth-order valence-corrected chi connectivity index (χ4v) is 6.56. The predicted octanol–water partition coefficient (Wildman–Crippen LogP) is 5.81. The van der Waals surface area contributed by atoms with Crippen molar-refractivity contribution in [2.24, 2.45) is 4.99 Å². The van der Waals surface area contributed by atoms with Gasteiger partial charge in [0.2, 0.25) is 0 Å². The third-order valence-corrected chi connectivity index (χ3v) is 8.63. The fraction of sp³-hybridized carbons (Fsp3) is 0.257. The highest BCUT2D eigenvalue weighted by atomic mass is 79.9. The number of allylic oxidation sites excluding steroid dienone is 1. The summed E-state index contributed by atoms with van der Waals surface area (Å²) >= 11 is 4.76. The summed E-state index contributed by atoms with van der Waals surface area (Å²) in [4.78, 5) is 32.7. The van der Waals surface area contributed by atoms with E-state index >= 15 is 0 Å². The number of rotatable bonds is 10. The van der Waals surface area contributed by atoms with E-state index in [1.54, 1.807) is 58.2 Å². The second-order valence-corrected chi connectivity index (χ2v) is 12.5. The maximum atomic E-state index is 14.2. The van der Waals surface area contributed by atoms with Gasteiger partial charge < -0.3 is 18.9 Å². The molecule has 1 aromatic heterocycles. The fourth-order valence-electron chi connectivity index (χ4n) is 5.14. The molecule has 0 saturated heterocycles. The summed E-state index contributed by atoms with van der Waals surface area (Å²) in [7, 11) is 1.55. The number of carbonyl (C=O) groups excluding carboxylic acids is 1. The molecular formula is C35H32BrN3O6S. The molecule has 9 nitrogen and oxygen atoms in total. The van der Waals surface area contributed by atoms with Crippen molar-refractivity contribution in [1.82, 2.24) is 4.57 Å². The van der Waals surface area contributed by atoms with Crippen LogP contribution in [0.3, 0.4) is 0 Å². The quantitative estimate of drug-likeness (QED) is 0.192. The summed E-state index contributed by atoms with van der Waals surface area (Å²) in [6.45, 7) is 7.76. The molecule has 0 spiro atoms. The molecule has 0 saturated carbocycles. The van der Waals surface area contributed by atoms with E-state index in [1.807, 2.05) is 43.3 Å². The molecule has 0 aliphatic carbocycles. The summed E-state index contributed by atoms with van der Waals surface area (Å²) in [5, 5.41) is 9.42. The van der Waals surface area contributed by atoms with Crippen LogP contribution < -0.4 is 29.1 Å². The van der Waals surface area contributed by atoms with Gasteiger partial charge in [0.05, 0.1) is 47.3 Å². The molecule has 11 heteroatoms. The van der Waals surface area contributed by atoms with Crippen molar-refractivity contribution in [2.75, 3.05) is 13.7 Å². The molecule has 0 unspecified atom stereocenters. The predicted molar refractivity (Wildman–Crippen MR) is 179 cm³/mol. The Bertz CT molecular complexity index is 2060. The number of hydrogen-bond acceptors (Lipinski definition) is 9. The van der Waals surface area contributed by atoms with Gasteiger partial charge in [0.25, 0.3) is 5.56 Å². The van der Waals surface area contributed by atoms with Crippen molar-refractivity contribution in [3.63, 3.8) is 0 Å². The van der Waals surface area contributed by atoms with Crippen molar-refractivity contribution in [3.8, 4) is 23.3 Å². The van der Waals surface area contributed by atoms with Crippen molar-refractivity contribution < 1.29 is 23.7 Å². The molecule has 1 aliphatic rings. The standard InChI is InChI=1S/C35H32BrN3O6S/c1-6-43-29-15-22(11-13-28(29)44-19-24-10-8-7-9-23(24)18-37)16-30-33(40)39-32(26-17-25(36)12-14-27(26)42-5)31(34(41)45-20(2)3)21(4)38-35(39)46-30/h7-17,20,32H,6,19H2,1-5H3/b30-16-/t32-/m1/s1. The highest BCUT2D eigenvalue weighted by Gasteiger charge is 2.35. The normalized spacial score (nSPS) is 14.4. The Morgan fingerprint density at radius 2 is 1.87 bits per heavy atom. The van der Waals surface area contributed by atoms with Crippen LogP contribution in [0.15, 0.2) is 86.2 Å². The van der Waals surface area contributed by atoms with Crippen molar-refractivity contribution >= 4 is 39.3 Å². The molecule has 0 fully saturated rings. The Morgan fingerprint density at radius 1 is 1.11 bits per heavy atom. The van der Waals surface area contributed by atoms with E-state index in [0.29, 0.717) is 55.6 Å². The van der Waals surface area contributed by atoms with Gasteiger partial charge in [0.1, 0.15) is 18.4 Å². The maximum absolute atomic E-state index is 14.2. The number of methoxy groups -OCH3 is 1. The summed E-state index contributed by atoms with van der Waals surface area (Å²) in [5.41, 5.74) is 3.05. The molecule has 1 atom stereocenters. The lowest BCUT2D eigenvalue weighted by molar-refractivity contribution is -0.143. The van der Waals surface area contributed by atoms with Crippen LogP contribution in [0, 0.1) is 11.3 Å². The van der Waals surface area contributed by atoms with Gasteiger partial charge in [-0.05, 0) is 75.7 Å². The number of halogens is 1. The average molecular weight is 703 g/mol. The number of carbonyl (C=O) groups is 1. The molecular weight excluding hydrogens is 670 g/mol. The summed E-state index contributed by atoms with van der Waals surface area (Å²) in [6.07, 6.45) is 1.40. The number of aromatic nitrogens is 1. The Morgan fingerprint density at radius 3 is 2.59 bits per heavy atom. The van der Waals surface area contributed by atoms with Crippen LogP contribution in [-0.2, 0) is 16.1 Å². The zero-order valence-corrected chi connectivity index (χ0v) is 28.4. The van der Waals surface area contributed by atoms with Gasteiger partial charge in [-0.25, -0.2) is 9.79 Å². The number of benzene rings is 3. The minimum absolute atomic E-state index is 0.196. The first kappa shape index (κ1) is 32.7. The van der Waals surface area contributed by atoms with E-state index in [2.05, 4.69) is 27.0 Å². The highest BCUT2D eigenvalue weighted by molar-refractivity contribution is 9.10. The van der Waals surface area contributed by atoms with E-state index in [-0.39, 0.29) is 23.8 Å². The maximum Gasteiger partial charge on any atom is 0.338 e. The lowest BCUT2D eigenvalue weighted by Crippen LogP contribution is -2.40. The smallest absolute Gasteiger partial charge is 0.338 e. The van der Waals surface area contributed by atoms with E-state index in [0.717, 1.165) is 10.0 Å². The van der Waals surface area contributed by atoms with Gasteiger partial charge in [-0.2, -0.15) is 5.26 Å². The third kappa shape index (κ3) is 6.78. The zero-order chi connectivity index (χ0) is 33.0. The molecule has 0 N–H and O–H groups in total. The summed E-state index contributed by atoms with van der Waals surface area (Å²) in [6, 6.07) is 19.5. The van der Waals surface area contributed by atoms with Crippen LogP contribution in [0.25, 0.3) is 6.08 Å². The van der Waals surface area contributed by atoms with E-state index in [9.17, 15) is 14.9 Å². The first-order valence-corrected chi connectivity index (χ1v) is 16.2. The number of nitrogens with zero attached hydrogens (tertiary/aromatic N) is 3. The first-order chi connectivity index (χ1) is 22.1. The van der Waals surface area contributed by atoms with E-state index in [4.69, 9.17) is 18.9 Å². The van der Waals surface area contributed by atoms with Crippen LogP contribution in [0.5, 0.6) is 17.2 Å². The lowest BCUT2D eigenvalue weighted by Gasteiger charge is -2.26. The second-order valence-electron chi connectivity index (χ2n) is 10.6. The Kier molecular flexibility index (Phi) is 10.1. The third-order valence-electron chi connectivity index (χ3n) is 7.16. The molecule has 4 aromatic rings. The van der Waals surface area contributed by atoms with E-state index in [1.165, 1.54) is 15.9 Å². The molecule has 0 bridgehead atoms. The van der Waals surface area contributed by atoms with Crippen LogP contribution in [0.2, 0.25) is 0 Å². The van der Waals surface area contributed by atoms with Crippen molar-refractivity contribution in [3.05, 3.63) is 118 Å². The van der Waals surface area contributed by atoms with E-state index < -0.39 is 12.0 Å². The number of esters is 1. The topological polar surface area (TPSA) is 112 Å². The number of fused-ring (bicyclic) bond motifs is 1. The van der Waals surface area contributed by atoms with Gasteiger partial charge in [-0.3, -0.25) is 9.36 Å². The zero-order valence-electron chi connectivity index (χ0n) is 26.0. The molecule has 236 valence electrons. The highest BCUT2D eigenvalue weighted by Crippen LogP contribution is 2.37. The summed E-state index contributed by atoms with van der Waals surface area (Å²) < 4.78 is 25.9. The van der Waals surface area contributed by atoms with Crippen molar-refractivity contribution in [2.45, 2.75) is 46.4 Å². The molecule has 46 heavy (non-hydrogen) atoms. The minimum Gasteiger partial charge on any atom is -0.496 e. The molecule has 3 aromatic carbocycles. The first-order valence-electron chi connectivity index (χ1n) is 14.6. The number of ether oxygens (including phenoxy) is 4. The molecule has 0 amide bonds. The molecule has 0 radical (unpaired) electrons.